The maximum absolute atomic E-state index is 4.16. The van der Waals surface area contributed by atoms with Crippen molar-refractivity contribution in [2.75, 3.05) is 6.54 Å². The topological polar surface area (TPSA) is 46.8 Å². The van der Waals surface area contributed by atoms with Gasteiger partial charge in [0.25, 0.3) is 0 Å². The van der Waals surface area contributed by atoms with Gasteiger partial charge >= 0.3 is 0 Å². The molecule has 0 atom stereocenters. The Labute approximate surface area is 120 Å². The molecule has 5 nitrogen and oxygen atoms in total. The van der Waals surface area contributed by atoms with Crippen molar-refractivity contribution in [3.05, 3.63) is 41.7 Å². The first-order valence-electron chi connectivity index (χ1n) is 7.34. The molecule has 0 aliphatic heterocycles. The Balaban J connectivity index is 2.03. The molecule has 0 bridgehead atoms. The van der Waals surface area contributed by atoms with Crippen LogP contribution in [-0.2, 0) is 19.6 Å². The molecule has 1 aromatic heterocycles. The molecule has 0 unspecified atom stereocenters. The van der Waals surface area contributed by atoms with Crippen LogP contribution in [0.4, 0.5) is 0 Å². The lowest BCUT2D eigenvalue weighted by Crippen LogP contribution is -2.25. The summed E-state index contributed by atoms with van der Waals surface area (Å²) >= 11 is 0. The zero-order chi connectivity index (χ0) is 14.2. The van der Waals surface area contributed by atoms with E-state index in [1.807, 2.05) is 4.68 Å². The van der Waals surface area contributed by atoms with Crippen LogP contribution in [0.2, 0.25) is 0 Å². The summed E-state index contributed by atoms with van der Waals surface area (Å²) in [5.74, 6) is 0.955. The lowest BCUT2D eigenvalue weighted by Gasteiger charge is -2.21. The minimum absolute atomic E-state index is 0.801. The van der Waals surface area contributed by atoms with E-state index in [2.05, 4.69) is 64.6 Å². The van der Waals surface area contributed by atoms with E-state index < -0.39 is 0 Å². The van der Waals surface area contributed by atoms with Gasteiger partial charge in [-0.25, -0.2) is 4.68 Å². The fraction of sp³-hybridized carbons (Fsp3) is 0.533. The predicted octanol–water partition coefficient (Wildman–Crippen LogP) is 2.50. The molecule has 0 aliphatic rings. The van der Waals surface area contributed by atoms with Crippen LogP contribution in [0.1, 0.15) is 38.1 Å². The summed E-state index contributed by atoms with van der Waals surface area (Å²) in [5, 5.41) is 12.0. The van der Waals surface area contributed by atoms with Gasteiger partial charge in [-0.3, -0.25) is 4.90 Å². The van der Waals surface area contributed by atoms with Gasteiger partial charge in [0.2, 0.25) is 0 Å². The van der Waals surface area contributed by atoms with Crippen LogP contribution in [0.3, 0.4) is 0 Å². The largest absolute Gasteiger partial charge is 0.292 e. The molecule has 108 valence electrons. The molecule has 1 heterocycles. The summed E-state index contributed by atoms with van der Waals surface area (Å²) in [5.41, 5.74) is 1.33. The van der Waals surface area contributed by atoms with E-state index in [0.29, 0.717) is 0 Å². The number of aromatic nitrogens is 4. The number of rotatable bonds is 8. The summed E-state index contributed by atoms with van der Waals surface area (Å²) < 4.78 is 1.91. The van der Waals surface area contributed by atoms with Gasteiger partial charge in [0, 0.05) is 13.1 Å². The molecule has 0 saturated carbocycles. The molecule has 0 saturated heterocycles. The predicted molar refractivity (Wildman–Crippen MR) is 79.0 cm³/mol. The molecule has 0 radical (unpaired) electrons. The summed E-state index contributed by atoms with van der Waals surface area (Å²) in [6.45, 7) is 8.01. The molecule has 0 spiro atoms. The second-order valence-electron chi connectivity index (χ2n) is 5.01. The Hall–Kier alpha value is -1.75. The Kier molecular flexibility index (Phi) is 5.68. The monoisotopic (exact) mass is 273 g/mol. The highest BCUT2D eigenvalue weighted by atomic mass is 15.5. The maximum atomic E-state index is 4.16. The molecule has 2 rings (SSSR count). The van der Waals surface area contributed by atoms with Crippen molar-refractivity contribution < 1.29 is 0 Å². The van der Waals surface area contributed by atoms with E-state index in [9.17, 15) is 0 Å². The van der Waals surface area contributed by atoms with Crippen molar-refractivity contribution in [3.8, 4) is 0 Å². The number of hydrogen-bond acceptors (Lipinski definition) is 4. The van der Waals surface area contributed by atoms with Crippen molar-refractivity contribution in [1.29, 1.82) is 0 Å². The first kappa shape index (κ1) is 14.7. The Morgan fingerprint density at radius 3 is 2.55 bits per heavy atom. The maximum Gasteiger partial charge on any atom is 0.165 e. The minimum atomic E-state index is 0.801. The molecule has 1 aromatic carbocycles. The van der Waals surface area contributed by atoms with Crippen LogP contribution in [0.25, 0.3) is 0 Å². The second kappa shape index (κ2) is 7.75. The lowest BCUT2D eigenvalue weighted by atomic mass is 10.2. The average molecular weight is 273 g/mol. The third-order valence-corrected chi connectivity index (χ3v) is 3.20. The molecule has 0 amide bonds. The van der Waals surface area contributed by atoms with Gasteiger partial charge < -0.3 is 0 Å². The Morgan fingerprint density at radius 1 is 1.05 bits per heavy atom. The number of aryl methyl sites for hydroxylation is 1. The van der Waals surface area contributed by atoms with E-state index in [0.717, 1.165) is 44.8 Å². The van der Waals surface area contributed by atoms with E-state index in [1.54, 1.807) is 0 Å². The summed E-state index contributed by atoms with van der Waals surface area (Å²) in [7, 11) is 0. The quantitative estimate of drug-likeness (QED) is 0.741. The van der Waals surface area contributed by atoms with Crippen LogP contribution in [0.5, 0.6) is 0 Å². The van der Waals surface area contributed by atoms with Crippen LogP contribution in [-0.4, -0.2) is 31.7 Å². The molecule has 2 aromatic rings. The highest BCUT2D eigenvalue weighted by Gasteiger charge is 2.11. The SMILES string of the molecule is CCCN(Cc1ccccc1)Cc1nnnn1CCC. The van der Waals surface area contributed by atoms with E-state index >= 15 is 0 Å². The highest BCUT2D eigenvalue weighted by molar-refractivity contribution is 5.14. The van der Waals surface area contributed by atoms with Gasteiger partial charge in [-0.05, 0) is 35.4 Å². The summed E-state index contributed by atoms with van der Waals surface area (Å²) in [6, 6.07) is 10.5. The van der Waals surface area contributed by atoms with Crippen molar-refractivity contribution in [1.82, 2.24) is 25.1 Å². The fourth-order valence-corrected chi connectivity index (χ4v) is 2.29. The molecule has 0 N–H and O–H groups in total. The van der Waals surface area contributed by atoms with Gasteiger partial charge in [0.1, 0.15) is 0 Å². The molecular formula is C15H23N5. The molecule has 0 aliphatic carbocycles. The van der Waals surface area contributed by atoms with E-state index in [1.165, 1.54) is 5.56 Å². The molecular weight excluding hydrogens is 250 g/mol. The van der Waals surface area contributed by atoms with Gasteiger partial charge in [-0.15, -0.1) is 5.10 Å². The van der Waals surface area contributed by atoms with Crippen molar-refractivity contribution in [2.45, 2.75) is 46.3 Å². The number of tetrazole rings is 1. The van der Waals surface area contributed by atoms with Crippen molar-refractivity contribution >= 4 is 0 Å². The number of benzene rings is 1. The van der Waals surface area contributed by atoms with Crippen molar-refractivity contribution in [3.63, 3.8) is 0 Å². The number of nitrogens with zero attached hydrogens (tertiary/aromatic N) is 5. The lowest BCUT2D eigenvalue weighted by molar-refractivity contribution is 0.245. The fourth-order valence-electron chi connectivity index (χ4n) is 2.29. The Bertz CT molecular complexity index is 494. The van der Waals surface area contributed by atoms with Crippen LogP contribution < -0.4 is 0 Å². The van der Waals surface area contributed by atoms with E-state index in [-0.39, 0.29) is 0 Å². The summed E-state index contributed by atoms with van der Waals surface area (Å²) in [6.07, 6.45) is 2.17. The zero-order valence-corrected chi connectivity index (χ0v) is 12.4. The smallest absolute Gasteiger partial charge is 0.165 e. The zero-order valence-electron chi connectivity index (χ0n) is 12.4. The Morgan fingerprint density at radius 2 is 1.85 bits per heavy atom. The van der Waals surface area contributed by atoms with Gasteiger partial charge in [-0.2, -0.15) is 0 Å². The highest BCUT2D eigenvalue weighted by Crippen LogP contribution is 2.09. The van der Waals surface area contributed by atoms with E-state index in [4.69, 9.17) is 0 Å². The average Bonchev–Trinajstić information content (AvgIpc) is 2.88. The molecule has 20 heavy (non-hydrogen) atoms. The normalized spacial score (nSPS) is 11.2. The first-order chi connectivity index (χ1) is 9.83. The number of hydrogen-bond donors (Lipinski definition) is 0. The van der Waals surface area contributed by atoms with Gasteiger partial charge in [0.05, 0.1) is 6.54 Å². The minimum Gasteiger partial charge on any atom is -0.292 e. The first-order valence-corrected chi connectivity index (χ1v) is 7.34. The van der Waals surface area contributed by atoms with Crippen molar-refractivity contribution in [2.24, 2.45) is 0 Å². The standard InChI is InChI=1S/C15H23N5/c1-3-10-19(12-14-8-6-5-7-9-14)13-15-16-17-18-20(15)11-4-2/h5-9H,3-4,10-13H2,1-2H3. The second-order valence-corrected chi connectivity index (χ2v) is 5.01. The molecule has 0 fully saturated rings. The third kappa shape index (κ3) is 4.13. The van der Waals surface area contributed by atoms with Crippen LogP contribution in [0.15, 0.2) is 30.3 Å². The van der Waals surface area contributed by atoms with Crippen LogP contribution >= 0.6 is 0 Å². The van der Waals surface area contributed by atoms with Crippen LogP contribution in [0, 0.1) is 0 Å². The third-order valence-electron chi connectivity index (χ3n) is 3.20. The summed E-state index contributed by atoms with van der Waals surface area (Å²) in [4.78, 5) is 2.40. The molecule has 5 heteroatoms. The van der Waals surface area contributed by atoms with Gasteiger partial charge in [-0.1, -0.05) is 44.2 Å². The van der Waals surface area contributed by atoms with Gasteiger partial charge in [0.15, 0.2) is 5.82 Å².